The van der Waals surface area contributed by atoms with E-state index in [2.05, 4.69) is 4.98 Å². The van der Waals surface area contributed by atoms with Crippen molar-refractivity contribution in [1.82, 2.24) is 4.98 Å². The first-order valence-corrected chi connectivity index (χ1v) is 5.23. The topological polar surface area (TPSA) is 42.4 Å². The van der Waals surface area contributed by atoms with E-state index in [1.807, 2.05) is 13.8 Å². The van der Waals surface area contributed by atoms with Crippen LogP contribution in [0.15, 0.2) is 12.3 Å². The second kappa shape index (κ2) is 4.37. The van der Waals surface area contributed by atoms with E-state index in [9.17, 15) is 5.11 Å². The molecule has 1 rings (SSSR count). The number of pyridine rings is 1. The number of hydrogen-bond donors (Lipinski definition) is 1. The predicted molar refractivity (Wildman–Crippen MR) is 60.3 cm³/mol. The van der Waals surface area contributed by atoms with Crippen LogP contribution in [-0.4, -0.2) is 16.2 Å². The lowest BCUT2D eigenvalue weighted by atomic mass is 10.0. The molecule has 3 nitrogen and oxygen atoms in total. The summed E-state index contributed by atoms with van der Waals surface area (Å²) < 4.78 is 5.39. The van der Waals surface area contributed by atoms with Gasteiger partial charge in [0.05, 0.1) is 11.7 Å². The van der Waals surface area contributed by atoms with Crippen LogP contribution in [0.1, 0.15) is 33.3 Å². The van der Waals surface area contributed by atoms with Crippen molar-refractivity contribution in [3.8, 4) is 5.88 Å². The van der Waals surface area contributed by atoms with Crippen LogP contribution in [0.2, 0.25) is 5.02 Å². The van der Waals surface area contributed by atoms with Crippen LogP contribution in [0.4, 0.5) is 0 Å². The van der Waals surface area contributed by atoms with Crippen LogP contribution >= 0.6 is 11.6 Å². The SMILES string of the molecule is CC(C)Oc1ncc(C(C)(C)O)cc1Cl. The average molecular weight is 230 g/mol. The van der Waals surface area contributed by atoms with E-state index < -0.39 is 5.60 Å². The molecule has 1 aromatic rings. The fourth-order valence-corrected chi connectivity index (χ4v) is 1.28. The summed E-state index contributed by atoms with van der Waals surface area (Å²) in [5.74, 6) is 0.402. The zero-order valence-corrected chi connectivity index (χ0v) is 10.2. The monoisotopic (exact) mass is 229 g/mol. The summed E-state index contributed by atoms with van der Waals surface area (Å²) in [5.41, 5.74) is -0.267. The Hall–Kier alpha value is -0.800. The Morgan fingerprint density at radius 1 is 1.47 bits per heavy atom. The highest BCUT2D eigenvalue weighted by Crippen LogP contribution is 2.28. The van der Waals surface area contributed by atoms with Gasteiger partial charge in [-0.15, -0.1) is 0 Å². The summed E-state index contributed by atoms with van der Waals surface area (Å²) in [5, 5.41) is 10.2. The Kier molecular flexibility index (Phi) is 3.58. The number of halogens is 1. The molecule has 0 fully saturated rings. The Bertz CT molecular complexity index is 345. The van der Waals surface area contributed by atoms with Gasteiger partial charge in [-0.3, -0.25) is 0 Å². The molecule has 0 bridgehead atoms. The molecule has 0 atom stereocenters. The second-order valence-corrected chi connectivity index (χ2v) is 4.64. The maximum Gasteiger partial charge on any atom is 0.232 e. The van der Waals surface area contributed by atoms with Gasteiger partial charge in [-0.25, -0.2) is 4.98 Å². The van der Waals surface area contributed by atoms with Gasteiger partial charge >= 0.3 is 0 Å². The van der Waals surface area contributed by atoms with Crippen molar-refractivity contribution in [2.75, 3.05) is 0 Å². The van der Waals surface area contributed by atoms with Gasteiger partial charge in [0.1, 0.15) is 5.02 Å². The highest BCUT2D eigenvalue weighted by Gasteiger charge is 2.18. The highest BCUT2D eigenvalue weighted by molar-refractivity contribution is 6.31. The molecular formula is C11H16ClNO2. The maximum absolute atomic E-state index is 9.75. The molecule has 1 N–H and O–H groups in total. The van der Waals surface area contributed by atoms with E-state index >= 15 is 0 Å². The van der Waals surface area contributed by atoms with Gasteiger partial charge in [0.15, 0.2) is 0 Å². The molecule has 84 valence electrons. The normalized spacial score (nSPS) is 11.9. The molecule has 0 aliphatic rings. The third kappa shape index (κ3) is 3.36. The maximum atomic E-state index is 9.75. The Balaban J connectivity index is 2.98. The summed E-state index contributed by atoms with van der Waals surface area (Å²) in [6.45, 7) is 7.18. The first-order valence-electron chi connectivity index (χ1n) is 4.85. The van der Waals surface area contributed by atoms with E-state index in [0.29, 0.717) is 16.5 Å². The van der Waals surface area contributed by atoms with Crippen LogP contribution in [0.3, 0.4) is 0 Å². The minimum atomic E-state index is -0.937. The number of aromatic nitrogens is 1. The highest BCUT2D eigenvalue weighted by atomic mass is 35.5. The number of aliphatic hydroxyl groups is 1. The largest absolute Gasteiger partial charge is 0.474 e. The van der Waals surface area contributed by atoms with Gasteiger partial charge in [-0.1, -0.05) is 11.6 Å². The summed E-state index contributed by atoms with van der Waals surface area (Å²) in [7, 11) is 0. The van der Waals surface area contributed by atoms with E-state index in [0.717, 1.165) is 0 Å². The van der Waals surface area contributed by atoms with Crippen LogP contribution in [-0.2, 0) is 5.60 Å². The molecule has 0 amide bonds. The Labute approximate surface area is 95.1 Å². The Morgan fingerprint density at radius 3 is 2.47 bits per heavy atom. The third-order valence-electron chi connectivity index (χ3n) is 1.86. The quantitative estimate of drug-likeness (QED) is 0.867. The fourth-order valence-electron chi connectivity index (χ4n) is 1.07. The molecule has 0 saturated carbocycles. The van der Waals surface area contributed by atoms with E-state index in [4.69, 9.17) is 16.3 Å². The molecule has 0 saturated heterocycles. The number of nitrogens with zero attached hydrogens (tertiary/aromatic N) is 1. The molecule has 15 heavy (non-hydrogen) atoms. The molecule has 1 heterocycles. The van der Waals surface area contributed by atoms with E-state index in [-0.39, 0.29) is 6.10 Å². The minimum absolute atomic E-state index is 0.0305. The van der Waals surface area contributed by atoms with Crippen LogP contribution < -0.4 is 4.74 Å². The van der Waals surface area contributed by atoms with E-state index in [1.165, 1.54) is 0 Å². The third-order valence-corrected chi connectivity index (χ3v) is 2.13. The van der Waals surface area contributed by atoms with Crippen molar-refractivity contribution in [3.63, 3.8) is 0 Å². The van der Waals surface area contributed by atoms with Crippen LogP contribution in [0.25, 0.3) is 0 Å². The van der Waals surface area contributed by atoms with Crippen LogP contribution in [0.5, 0.6) is 5.88 Å². The summed E-state index contributed by atoms with van der Waals surface area (Å²) in [4.78, 5) is 4.07. The van der Waals surface area contributed by atoms with Crippen molar-refractivity contribution in [2.24, 2.45) is 0 Å². The molecule has 0 aromatic carbocycles. The molecule has 0 unspecified atom stereocenters. The first kappa shape index (κ1) is 12.3. The summed E-state index contributed by atoms with van der Waals surface area (Å²) >= 11 is 5.98. The average Bonchev–Trinajstić information content (AvgIpc) is 2.05. The van der Waals surface area contributed by atoms with Crippen LogP contribution in [0, 0.1) is 0 Å². The van der Waals surface area contributed by atoms with Gasteiger partial charge in [0.2, 0.25) is 5.88 Å². The van der Waals surface area contributed by atoms with E-state index in [1.54, 1.807) is 26.1 Å². The number of ether oxygens (including phenoxy) is 1. The van der Waals surface area contributed by atoms with Crippen molar-refractivity contribution >= 4 is 11.6 Å². The minimum Gasteiger partial charge on any atom is -0.474 e. The lowest BCUT2D eigenvalue weighted by Crippen LogP contribution is -2.16. The molecule has 4 heteroatoms. The van der Waals surface area contributed by atoms with Gasteiger partial charge in [0.25, 0.3) is 0 Å². The first-order chi connectivity index (χ1) is 6.80. The summed E-state index contributed by atoms with van der Waals surface area (Å²) in [6.07, 6.45) is 1.60. The van der Waals surface area contributed by atoms with Gasteiger partial charge in [-0.05, 0) is 33.8 Å². The predicted octanol–water partition coefficient (Wildman–Crippen LogP) is 2.75. The van der Waals surface area contributed by atoms with Gasteiger partial charge < -0.3 is 9.84 Å². The van der Waals surface area contributed by atoms with Crippen molar-refractivity contribution in [3.05, 3.63) is 22.8 Å². The zero-order valence-electron chi connectivity index (χ0n) is 9.41. The fraction of sp³-hybridized carbons (Fsp3) is 0.545. The molecular weight excluding hydrogens is 214 g/mol. The van der Waals surface area contributed by atoms with Gasteiger partial charge in [-0.2, -0.15) is 0 Å². The van der Waals surface area contributed by atoms with Crippen molar-refractivity contribution in [1.29, 1.82) is 0 Å². The lowest BCUT2D eigenvalue weighted by molar-refractivity contribution is 0.0780. The second-order valence-electron chi connectivity index (χ2n) is 4.24. The van der Waals surface area contributed by atoms with Crippen molar-refractivity contribution in [2.45, 2.75) is 39.4 Å². The van der Waals surface area contributed by atoms with Gasteiger partial charge in [0, 0.05) is 11.8 Å². The molecule has 0 aliphatic carbocycles. The molecule has 0 radical (unpaired) electrons. The smallest absolute Gasteiger partial charge is 0.232 e. The molecule has 0 aliphatic heterocycles. The Morgan fingerprint density at radius 2 is 2.07 bits per heavy atom. The van der Waals surface area contributed by atoms with Crippen molar-refractivity contribution < 1.29 is 9.84 Å². The molecule has 1 aromatic heterocycles. The summed E-state index contributed by atoms with van der Waals surface area (Å²) in [6, 6.07) is 1.67. The number of hydrogen-bond acceptors (Lipinski definition) is 3. The number of rotatable bonds is 3. The standard InChI is InChI=1S/C11H16ClNO2/c1-7(2)15-10-9(12)5-8(6-13-10)11(3,4)14/h5-7,14H,1-4H3. The zero-order chi connectivity index (χ0) is 11.6. The molecule has 0 spiro atoms. The lowest BCUT2D eigenvalue weighted by Gasteiger charge is -2.18.